The molecule has 1 fully saturated rings. The standard InChI is InChI=1S/C24H21N5O4/c1-15-18(13-33-26-15)22(30)28-10-11-29-23(31)21-12-19-20(4-3-9-25-19)27(21)14-24(28,29)16-5-7-17(32-2)8-6-16/h3-9,12-13H,10-11,14H2,1-2H3. The van der Waals surface area contributed by atoms with Gasteiger partial charge in [0, 0.05) is 24.8 Å². The number of hydrogen-bond donors (Lipinski definition) is 0. The minimum Gasteiger partial charge on any atom is -0.497 e. The molecule has 33 heavy (non-hydrogen) atoms. The molecule has 9 heteroatoms. The molecule has 0 N–H and O–H groups in total. The number of fused-ring (bicyclic) bond motifs is 4. The first kappa shape index (κ1) is 19.5. The molecule has 0 bridgehead atoms. The number of carbonyl (C=O) groups excluding carboxylic acids is 2. The van der Waals surface area contributed by atoms with Crippen molar-refractivity contribution in [3.05, 3.63) is 77.4 Å². The highest BCUT2D eigenvalue weighted by molar-refractivity contribution is 6.01. The quantitative estimate of drug-likeness (QED) is 0.483. The van der Waals surface area contributed by atoms with Gasteiger partial charge in [0.2, 0.25) is 0 Å². The Kier molecular flexibility index (Phi) is 4.10. The summed E-state index contributed by atoms with van der Waals surface area (Å²) in [6, 6.07) is 13.2. The summed E-state index contributed by atoms with van der Waals surface area (Å²) in [6.07, 6.45) is 3.08. The molecule has 2 aliphatic rings. The minimum absolute atomic E-state index is 0.132. The molecule has 166 valence electrons. The van der Waals surface area contributed by atoms with Crippen molar-refractivity contribution in [2.24, 2.45) is 0 Å². The van der Waals surface area contributed by atoms with Crippen LogP contribution in [0.3, 0.4) is 0 Å². The van der Waals surface area contributed by atoms with Crippen molar-refractivity contribution in [1.29, 1.82) is 0 Å². The van der Waals surface area contributed by atoms with Crippen molar-refractivity contribution in [1.82, 2.24) is 24.5 Å². The Morgan fingerprint density at radius 3 is 2.73 bits per heavy atom. The highest BCUT2D eigenvalue weighted by Gasteiger charge is 2.56. The van der Waals surface area contributed by atoms with Gasteiger partial charge >= 0.3 is 0 Å². The maximum atomic E-state index is 13.8. The topological polar surface area (TPSA) is 93.7 Å². The van der Waals surface area contributed by atoms with Gasteiger partial charge in [0.1, 0.15) is 23.3 Å². The van der Waals surface area contributed by atoms with Crippen LogP contribution in [0.15, 0.2) is 59.4 Å². The van der Waals surface area contributed by atoms with Gasteiger partial charge in [-0.05, 0) is 37.3 Å². The van der Waals surface area contributed by atoms with E-state index in [0.29, 0.717) is 42.3 Å². The Labute approximate surface area is 189 Å². The summed E-state index contributed by atoms with van der Waals surface area (Å²) in [5.74, 6) is 0.344. The summed E-state index contributed by atoms with van der Waals surface area (Å²) in [5, 5.41) is 3.88. The number of methoxy groups -OCH3 is 1. The van der Waals surface area contributed by atoms with Gasteiger partial charge in [0.15, 0.2) is 5.66 Å². The van der Waals surface area contributed by atoms with E-state index in [1.54, 1.807) is 30.0 Å². The largest absolute Gasteiger partial charge is 0.497 e. The Morgan fingerprint density at radius 1 is 1.18 bits per heavy atom. The third-order valence-corrected chi connectivity index (χ3v) is 6.73. The number of ether oxygens (including phenoxy) is 1. The molecule has 9 nitrogen and oxygen atoms in total. The lowest BCUT2D eigenvalue weighted by Gasteiger charge is -2.47. The zero-order chi connectivity index (χ0) is 22.7. The van der Waals surface area contributed by atoms with Gasteiger partial charge in [-0.1, -0.05) is 17.3 Å². The van der Waals surface area contributed by atoms with Crippen molar-refractivity contribution in [2.75, 3.05) is 20.2 Å². The lowest BCUT2D eigenvalue weighted by Crippen LogP contribution is -2.60. The molecular weight excluding hydrogens is 422 g/mol. The van der Waals surface area contributed by atoms with Crippen LogP contribution in [0.2, 0.25) is 0 Å². The first-order valence-electron chi connectivity index (χ1n) is 10.7. The number of nitrogens with zero attached hydrogens (tertiary/aromatic N) is 5. The van der Waals surface area contributed by atoms with E-state index in [1.165, 1.54) is 6.26 Å². The fraction of sp³-hybridized carbons (Fsp3) is 0.250. The molecule has 0 radical (unpaired) electrons. The summed E-state index contributed by atoms with van der Waals surface area (Å²) in [4.78, 5) is 35.5. The van der Waals surface area contributed by atoms with E-state index in [4.69, 9.17) is 9.26 Å². The van der Waals surface area contributed by atoms with Crippen LogP contribution in [-0.4, -0.2) is 56.5 Å². The van der Waals surface area contributed by atoms with E-state index >= 15 is 0 Å². The summed E-state index contributed by atoms with van der Waals surface area (Å²) in [7, 11) is 1.61. The smallest absolute Gasteiger partial charge is 0.272 e. The number of pyridine rings is 1. The van der Waals surface area contributed by atoms with Crippen LogP contribution >= 0.6 is 0 Å². The number of rotatable bonds is 3. The molecular formula is C24H21N5O4. The molecule has 2 amide bonds. The third-order valence-electron chi connectivity index (χ3n) is 6.73. The van der Waals surface area contributed by atoms with Crippen LogP contribution in [-0.2, 0) is 12.2 Å². The highest BCUT2D eigenvalue weighted by Crippen LogP contribution is 2.45. The van der Waals surface area contributed by atoms with Gasteiger partial charge in [0.05, 0.1) is 30.4 Å². The molecule has 3 aromatic heterocycles. The van der Waals surface area contributed by atoms with Gasteiger partial charge in [-0.3, -0.25) is 14.6 Å². The average molecular weight is 443 g/mol. The van der Waals surface area contributed by atoms with Crippen LogP contribution in [0.1, 0.15) is 32.1 Å². The number of carbonyl (C=O) groups is 2. The van der Waals surface area contributed by atoms with E-state index in [0.717, 1.165) is 16.6 Å². The van der Waals surface area contributed by atoms with Crippen molar-refractivity contribution in [3.8, 4) is 5.75 Å². The zero-order valence-corrected chi connectivity index (χ0v) is 18.2. The molecule has 2 aliphatic heterocycles. The molecule has 0 spiro atoms. The Bertz CT molecular complexity index is 1410. The van der Waals surface area contributed by atoms with E-state index in [9.17, 15) is 9.59 Å². The summed E-state index contributed by atoms with van der Waals surface area (Å²) in [5.41, 5.74) is 2.90. The van der Waals surface area contributed by atoms with Crippen LogP contribution in [0, 0.1) is 6.92 Å². The molecule has 6 rings (SSSR count). The SMILES string of the molecule is COc1ccc(C23Cn4c(cc5ncccc54)C(=O)N2CCN3C(=O)c2conc2C)cc1. The molecule has 1 aromatic carbocycles. The Balaban J connectivity index is 1.58. The lowest BCUT2D eigenvalue weighted by molar-refractivity contribution is -0.00520. The minimum atomic E-state index is -1.01. The number of hydrogen-bond acceptors (Lipinski definition) is 6. The molecule has 1 saturated heterocycles. The molecule has 5 heterocycles. The van der Waals surface area contributed by atoms with E-state index in [2.05, 4.69) is 10.1 Å². The van der Waals surface area contributed by atoms with E-state index in [1.807, 2.05) is 47.0 Å². The summed E-state index contributed by atoms with van der Waals surface area (Å²) in [6.45, 7) is 2.92. The number of aryl methyl sites for hydroxylation is 1. The molecule has 0 saturated carbocycles. The second-order valence-corrected chi connectivity index (χ2v) is 8.30. The van der Waals surface area contributed by atoms with E-state index in [-0.39, 0.29) is 11.8 Å². The zero-order valence-electron chi connectivity index (χ0n) is 18.2. The maximum Gasteiger partial charge on any atom is 0.272 e. The van der Waals surface area contributed by atoms with E-state index < -0.39 is 5.66 Å². The fourth-order valence-electron chi connectivity index (χ4n) is 5.12. The van der Waals surface area contributed by atoms with Crippen molar-refractivity contribution >= 4 is 22.8 Å². The number of benzene rings is 1. The van der Waals surface area contributed by atoms with Crippen LogP contribution in [0.4, 0.5) is 0 Å². The van der Waals surface area contributed by atoms with Crippen LogP contribution in [0.25, 0.3) is 11.0 Å². The molecule has 1 atom stereocenters. The van der Waals surface area contributed by atoms with Gasteiger partial charge in [-0.15, -0.1) is 0 Å². The first-order chi connectivity index (χ1) is 16.0. The highest BCUT2D eigenvalue weighted by atomic mass is 16.5. The van der Waals surface area contributed by atoms with Crippen LogP contribution < -0.4 is 4.74 Å². The Hall–Kier alpha value is -4.14. The van der Waals surface area contributed by atoms with Gasteiger partial charge in [-0.25, -0.2) is 0 Å². The normalized spacial score (nSPS) is 19.6. The third kappa shape index (κ3) is 2.59. The Morgan fingerprint density at radius 2 is 2.00 bits per heavy atom. The number of amides is 2. The van der Waals surface area contributed by atoms with Gasteiger partial charge in [-0.2, -0.15) is 0 Å². The average Bonchev–Trinajstić information content (AvgIpc) is 3.55. The van der Waals surface area contributed by atoms with Crippen LogP contribution in [0.5, 0.6) is 5.75 Å². The molecule has 4 aromatic rings. The second-order valence-electron chi connectivity index (χ2n) is 8.30. The summed E-state index contributed by atoms with van der Waals surface area (Å²) >= 11 is 0. The number of aromatic nitrogens is 3. The molecule has 0 aliphatic carbocycles. The fourth-order valence-corrected chi connectivity index (χ4v) is 5.12. The van der Waals surface area contributed by atoms with Crippen molar-refractivity contribution in [2.45, 2.75) is 19.1 Å². The first-order valence-corrected chi connectivity index (χ1v) is 10.7. The van der Waals surface area contributed by atoms with Gasteiger partial charge in [0.25, 0.3) is 11.8 Å². The van der Waals surface area contributed by atoms with Gasteiger partial charge < -0.3 is 23.6 Å². The summed E-state index contributed by atoms with van der Waals surface area (Å²) < 4.78 is 12.4. The molecule has 1 unspecified atom stereocenters. The second kappa shape index (κ2) is 6.93. The van der Waals surface area contributed by atoms with Crippen molar-refractivity contribution in [3.63, 3.8) is 0 Å². The predicted molar refractivity (Wildman–Crippen MR) is 118 cm³/mol. The maximum absolute atomic E-state index is 13.8. The van der Waals surface area contributed by atoms with Crippen molar-refractivity contribution < 1.29 is 18.8 Å². The monoisotopic (exact) mass is 443 g/mol. The predicted octanol–water partition coefficient (Wildman–Crippen LogP) is 2.81. The lowest BCUT2D eigenvalue weighted by atomic mass is 9.93.